The van der Waals surface area contributed by atoms with E-state index in [1.54, 1.807) is 4.57 Å². The van der Waals surface area contributed by atoms with Gasteiger partial charge in [0.15, 0.2) is 5.88 Å². The normalized spacial score (nSPS) is 34.3. The minimum atomic E-state index is -3.90. The van der Waals surface area contributed by atoms with Crippen LogP contribution in [0.4, 0.5) is 0 Å². The number of ether oxygens (including phenoxy) is 2. The summed E-state index contributed by atoms with van der Waals surface area (Å²) in [5.41, 5.74) is -1.68. The van der Waals surface area contributed by atoms with Gasteiger partial charge in [-0.2, -0.15) is 0 Å². The van der Waals surface area contributed by atoms with Crippen molar-refractivity contribution in [2.45, 2.75) is 138 Å². The van der Waals surface area contributed by atoms with E-state index in [1.165, 1.54) is 11.0 Å². The second kappa shape index (κ2) is 15.4. The van der Waals surface area contributed by atoms with Crippen molar-refractivity contribution in [3.8, 4) is 5.88 Å². The zero-order valence-electron chi connectivity index (χ0n) is 33.1. The van der Waals surface area contributed by atoms with Gasteiger partial charge in [0, 0.05) is 30.3 Å². The molecule has 9 atom stereocenters. The monoisotopic (exact) mass is 816 g/mol. The Labute approximate surface area is 339 Å². The number of carbonyl (C=O) groups excluding carboxylic acids is 4. The van der Waals surface area contributed by atoms with Gasteiger partial charge in [-0.1, -0.05) is 50.0 Å². The number of rotatable bonds is 7. The molecule has 1 saturated heterocycles. The van der Waals surface area contributed by atoms with Crippen LogP contribution in [-0.4, -0.2) is 77.2 Å². The first-order valence-corrected chi connectivity index (χ1v) is 23.3. The van der Waals surface area contributed by atoms with Gasteiger partial charge in [-0.15, -0.1) is 6.58 Å². The molecule has 1 aromatic heterocycles. The number of amides is 3. The van der Waals surface area contributed by atoms with Crippen molar-refractivity contribution in [3.63, 3.8) is 0 Å². The van der Waals surface area contributed by atoms with Gasteiger partial charge in [0.1, 0.15) is 23.8 Å². The van der Waals surface area contributed by atoms with Gasteiger partial charge < -0.3 is 19.7 Å². The molecule has 2 aliphatic heterocycles. The summed E-state index contributed by atoms with van der Waals surface area (Å²) < 4.78 is 42.5. The molecule has 3 amide bonds. The van der Waals surface area contributed by atoms with Gasteiger partial charge in [-0.25, -0.2) is 8.42 Å². The third-order valence-corrected chi connectivity index (χ3v) is 16.4. The lowest BCUT2D eigenvalue weighted by Gasteiger charge is -2.32. The second-order valence-electron chi connectivity index (χ2n) is 18.4. The summed E-state index contributed by atoms with van der Waals surface area (Å²) in [6.07, 6.45) is 12.1. The van der Waals surface area contributed by atoms with E-state index in [1.807, 2.05) is 30.3 Å². The maximum absolute atomic E-state index is 15.0. The summed E-state index contributed by atoms with van der Waals surface area (Å²) in [5, 5.41) is 3.57. The topological polar surface area (TPSA) is 170 Å². The van der Waals surface area contributed by atoms with Crippen LogP contribution in [-0.2, 0) is 40.5 Å². The Morgan fingerprint density at radius 3 is 2.31 bits per heavy atom. The molecule has 2 N–H and O–H groups in total. The van der Waals surface area contributed by atoms with Crippen molar-refractivity contribution in [1.82, 2.24) is 19.5 Å². The van der Waals surface area contributed by atoms with Crippen LogP contribution in [0.25, 0.3) is 10.8 Å². The van der Waals surface area contributed by atoms with Gasteiger partial charge in [0.25, 0.3) is 11.5 Å². The van der Waals surface area contributed by atoms with Gasteiger partial charge in [0.05, 0.1) is 24.1 Å². The number of hydrogen-bond acceptors (Lipinski definition) is 9. The number of nitrogens with zero attached hydrogens (tertiary/aromatic N) is 2. The number of fused-ring (bicyclic) bond motifs is 6. The quantitative estimate of drug-likeness (QED) is 0.296. The molecule has 2 aromatic rings. The number of carbonyl (C=O) groups is 4. The third-order valence-electron chi connectivity index (χ3n) is 14.5. The molecular weight excluding hydrogens is 761 g/mol. The van der Waals surface area contributed by atoms with E-state index in [0.29, 0.717) is 42.5 Å². The number of esters is 1. The summed E-state index contributed by atoms with van der Waals surface area (Å²) >= 11 is 0. The lowest BCUT2D eigenvalue weighted by Crippen LogP contribution is -2.57. The summed E-state index contributed by atoms with van der Waals surface area (Å²) in [6, 6.07) is 8.19. The average molecular weight is 817 g/mol. The molecular formula is C44H56N4O9S. The van der Waals surface area contributed by atoms with Crippen LogP contribution in [0.3, 0.4) is 0 Å². The van der Waals surface area contributed by atoms with E-state index >= 15 is 0 Å². The third kappa shape index (κ3) is 7.70. The number of sulfonamides is 1. The number of nitrogens with one attached hydrogen (secondary N) is 2. The molecule has 6 fully saturated rings. The lowest BCUT2D eigenvalue weighted by molar-refractivity contribution is -0.156. The smallest absolute Gasteiger partial charge is 0.306 e. The Morgan fingerprint density at radius 2 is 1.57 bits per heavy atom. The zero-order chi connectivity index (χ0) is 40.3. The Bertz CT molecular complexity index is 2160. The molecule has 2 unspecified atom stereocenters. The van der Waals surface area contributed by atoms with Crippen molar-refractivity contribution in [3.05, 3.63) is 53.3 Å². The minimum Gasteiger partial charge on any atom is -0.473 e. The van der Waals surface area contributed by atoms with Crippen LogP contribution in [0, 0.1) is 35.5 Å². The predicted molar refractivity (Wildman–Crippen MR) is 215 cm³/mol. The Hall–Kier alpha value is -4.20. The summed E-state index contributed by atoms with van der Waals surface area (Å²) in [4.78, 5) is 72.7. The number of aromatic nitrogens is 1. The molecule has 9 rings (SSSR count). The van der Waals surface area contributed by atoms with Crippen LogP contribution in [0.1, 0.15) is 103 Å². The SMILES string of the molecule is C=C[C@@H]1C[C@]1(NC(=O)[C@@H]1C[C@@H]2CN1C(=O)[C@H](C1CCCC1)CC(=O)O[C@@H]1CCC[C@H]1CCCC1CC1Cn1c(cc3ccccc3c1=O)O2)C(=O)NS(=O)(=O)C1CC1. The molecule has 7 aliphatic rings. The van der Waals surface area contributed by atoms with E-state index in [-0.39, 0.29) is 61.2 Å². The molecule has 312 valence electrons. The number of benzene rings is 1. The molecule has 3 heterocycles. The van der Waals surface area contributed by atoms with Crippen LogP contribution in [0.2, 0.25) is 0 Å². The minimum absolute atomic E-state index is 0.0209. The molecule has 5 saturated carbocycles. The second-order valence-corrected chi connectivity index (χ2v) is 20.4. The van der Waals surface area contributed by atoms with Crippen LogP contribution < -0.4 is 20.3 Å². The first kappa shape index (κ1) is 39.3. The van der Waals surface area contributed by atoms with E-state index < -0.39 is 56.6 Å². The molecule has 1 aromatic carbocycles. The van der Waals surface area contributed by atoms with Crippen molar-refractivity contribution >= 4 is 44.5 Å². The summed E-state index contributed by atoms with van der Waals surface area (Å²) in [6.45, 7) is 4.35. The predicted octanol–water partition coefficient (Wildman–Crippen LogP) is 4.75. The fourth-order valence-corrected chi connectivity index (χ4v) is 12.2. The first-order valence-electron chi connectivity index (χ1n) is 21.7. The van der Waals surface area contributed by atoms with Gasteiger partial charge in [-0.05, 0) is 99.3 Å². The Balaban J connectivity index is 1.06. The van der Waals surface area contributed by atoms with Gasteiger partial charge in [0.2, 0.25) is 21.8 Å². The lowest BCUT2D eigenvalue weighted by atomic mass is 9.86. The van der Waals surface area contributed by atoms with Crippen molar-refractivity contribution < 1.29 is 37.1 Å². The molecule has 5 aliphatic carbocycles. The van der Waals surface area contributed by atoms with Crippen molar-refractivity contribution in [1.29, 1.82) is 0 Å². The highest BCUT2D eigenvalue weighted by Gasteiger charge is 2.62. The van der Waals surface area contributed by atoms with E-state index in [2.05, 4.69) is 16.6 Å². The van der Waals surface area contributed by atoms with Crippen LogP contribution in [0.15, 0.2) is 47.8 Å². The van der Waals surface area contributed by atoms with E-state index in [4.69, 9.17) is 9.47 Å². The highest BCUT2D eigenvalue weighted by molar-refractivity contribution is 7.91. The maximum atomic E-state index is 15.0. The first-order chi connectivity index (χ1) is 27.9. The standard InChI is InChI=1S/C44H56N4O9S/c1-2-31-23-44(31,43(53)46-58(54,55)33-17-18-33)45-40(50)36-21-32-25-47(36)42(52)35(26-9-3-4-10-26)22-39(49)57-37-16-8-13-27(37)12-7-14-28-19-30(28)24-48-38(56-32)20-29-11-5-6-15-34(29)41(48)51/h2,5-6,11,15,20,26-28,30-33,35-37H,1,3-4,7-10,12-14,16-19,21-25H2,(H,45,50)(H,46,53)/t27-,28?,30?,31-,32-,35+,36+,37-,44-/m1/s1. The molecule has 13 nitrogen and oxygen atoms in total. The fraction of sp³-hybridized carbons (Fsp3) is 0.659. The average Bonchev–Trinajstić information content (AvgIpc) is 4.15. The van der Waals surface area contributed by atoms with E-state index in [0.717, 1.165) is 76.0 Å². The van der Waals surface area contributed by atoms with Gasteiger partial charge >= 0.3 is 5.97 Å². The van der Waals surface area contributed by atoms with Crippen molar-refractivity contribution in [2.24, 2.45) is 35.5 Å². The van der Waals surface area contributed by atoms with Crippen LogP contribution in [0.5, 0.6) is 5.88 Å². The Morgan fingerprint density at radius 1 is 0.845 bits per heavy atom. The molecule has 0 radical (unpaired) electrons. The van der Waals surface area contributed by atoms with Gasteiger partial charge in [-0.3, -0.25) is 33.3 Å². The Kier molecular flexibility index (Phi) is 10.5. The van der Waals surface area contributed by atoms with E-state index in [9.17, 15) is 32.4 Å². The van der Waals surface area contributed by atoms with Crippen molar-refractivity contribution in [2.75, 3.05) is 6.54 Å². The van der Waals surface area contributed by atoms with Crippen LogP contribution >= 0.6 is 0 Å². The maximum Gasteiger partial charge on any atom is 0.306 e. The highest BCUT2D eigenvalue weighted by Crippen LogP contribution is 2.47. The molecule has 14 heteroatoms. The molecule has 2 bridgehead atoms. The summed E-state index contributed by atoms with van der Waals surface area (Å²) in [5.74, 6) is -1.95. The summed E-state index contributed by atoms with van der Waals surface area (Å²) in [7, 11) is -3.90. The molecule has 58 heavy (non-hydrogen) atoms. The number of hydrogen-bond donors (Lipinski definition) is 2. The highest BCUT2D eigenvalue weighted by atomic mass is 32.2. The zero-order valence-corrected chi connectivity index (χ0v) is 34.0. The number of pyridine rings is 1. The largest absolute Gasteiger partial charge is 0.473 e. The fourth-order valence-electron chi connectivity index (χ4n) is 10.8. The molecule has 0 spiro atoms.